The standard InChI is InChI=1S/C20H22N2O5/c23-17(21-9-8-13(11-21)20(26)27)12-6-7-15-16(10-12)19(25)22(18(15)24)14-4-2-1-3-5-14/h6-7,10,13-14H,1-5,8-9,11H2,(H,26,27). The molecule has 1 unspecified atom stereocenters. The molecule has 2 fully saturated rings. The van der Waals surface area contributed by atoms with E-state index in [-0.39, 0.29) is 35.9 Å². The van der Waals surface area contributed by atoms with E-state index in [4.69, 9.17) is 5.11 Å². The Kier molecular flexibility index (Phi) is 4.45. The van der Waals surface area contributed by atoms with Crippen LogP contribution in [-0.2, 0) is 4.79 Å². The molecule has 0 radical (unpaired) electrons. The minimum absolute atomic E-state index is 0.0554. The molecule has 2 heterocycles. The molecule has 1 atom stereocenters. The number of fused-ring (bicyclic) bond motifs is 1. The average molecular weight is 370 g/mol. The lowest BCUT2D eigenvalue weighted by Crippen LogP contribution is -2.40. The highest BCUT2D eigenvalue weighted by atomic mass is 16.4. The van der Waals surface area contributed by atoms with Gasteiger partial charge in [-0.25, -0.2) is 0 Å². The Labute approximate surface area is 156 Å². The Morgan fingerprint density at radius 3 is 2.33 bits per heavy atom. The van der Waals surface area contributed by atoms with Crippen LogP contribution >= 0.6 is 0 Å². The van der Waals surface area contributed by atoms with Gasteiger partial charge in [-0.05, 0) is 37.5 Å². The van der Waals surface area contributed by atoms with Gasteiger partial charge in [-0.3, -0.25) is 24.1 Å². The smallest absolute Gasteiger partial charge is 0.308 e. The number of carbonyl (C=O) groups is 4. The topological polar surface area (TPSA) is 95.0 Å². The molecular formula is C20H22N2O5. The van der Waals surface area contributed by atoms with Gasteiger partial charge in [0, 0.05) is 24.7 Å². The van der Waals surface area contributed by atoms with Crippen molar-refractivity contribution in [2.75, 3.05) is 13.1 Å². The summed E-state index contributed by atoms with van der Waals surface area (Å²) in [5.74, 6) is -2.33. The Bertz CT molecular complexity index is 828. The molecule has 3 aliphatic rings. The maximum absolute atomic E-state index is 12.8. The first kappa shape index (κ1) is 17.7. The number of aliphatic carboxylic acids is 1. The maximum Gasteiger partial charge on any atom is 0.308 e. The van der Waals surface area contributed by atoms with E-state index in [1.54, 1.807) is 12.1 Å². The Hall–Kier alpha value is -2.70. The number of imide groups is 1. The fourth-order valence-electron chi connectivity index (χ4n) is 4.39. The first-order valence-electron chi connectivity index (χ1n) is 9.51. The van der Waals surface area contributed by atoms with Gasteiger partial charge >= 0.3 is 5.97 Å². The minimum Gasteiger partial charge on any atom is -0.481 e. The molecule has 1 N–H and O–H groups in total. The molecule has 0 spiro atoms. The van der Waals surface area contributed by atoms with E-state index in [1.807, 2.05) is 0 Å². The molecule has 7 heteroatoms. The predicted molar refractivity (Wildman–Crippen MR) is 95.5 cm³/mol. The van der Waals surface area contributed by atoms with Crippen molar-refractivity contribution in [3.8, 4) is 0 Å². The summed E-state index contributed by atoms with van der Waals surface area (Å²) < 4.78 is 0. The van der Waals surface area contributed by atoms with Gasteiger partial charge in [0.25, 0.3) is 17.7 Å². The van der Waals surface area contributed by atoms with Gasteiger partial charge < -0.3 is 10.0 Å². The van der Waals surface area contributed by atoms with Crippen LogP contribution in [0.5, 0.6) is 0 Å². The summed E-state index contributed by atoms with van der Waals surface area (Å²) in [4.78, 5) is 52.2. The number of likely N-dealkylation sites (tertiary alicyclic amines) is 1. The minimum atomic E-state index is -0.900. The molecule has 1 saturated heterocycles. The van der Waals surface area contributed by atoms with Crippen molar-refractivity contribution >= 4 is 23.7 Å². The highest BCUT2D eigenvalue weighted by Gasteiger charge is 2.41. The molecule has 142 valence electrons. The first-order valence-corrected chi connectivity index (χ1v) is 9.51. The van der Waals surface area contributed by atoms with Crippen molar-refractivity contribution in [3.05, 3.63) is 34.9 Å². The molecule has 7 nitrogen and oxygen atoms in total. The van der Waals surface area contributed by atoms with E-state index in [0.29, 0.717) is 24.1 Å². The van der Waals surface area contributed by atoms with Crippen LogP contribution in [0.4, 0.5) is 0 Å². The van der Waals surface area contributed by atoms with Crippen LogP contribution in [0.3, 0.4) is 0 Å². The van der Waals surface area contributed by atoms with Gasteiger partial charge in [0.05, 0.1) is 17.0 Å². The number of nitrogens with zero attached hydrogens (tertiary/aromatic N) is 2. The van der Waals surface area contributed by atoms with E-state index in [2.05, 4.69) is 0 Å². The second-order valence-electron chi connectivity index (χ2n) is 7.61. The number of amides is 3. The molecular weight excluding hydrogens is 348 g/mol. The van der Waals surface area contributed by atoms with Crippen LogP contribution in [0.25, 0.3) is 0 Å². The Balaban J connectivity index is 1.56. The SMILES string of the molecule is O=C(O)C1CCN(C(=O)c2ccc3c(c2)C(=O)N(C2CCCCC2)C3=O)C1. The fraction of sp³-hybridized carbons (Fsp3) is 0.500. The summed E-state index contributed by atoms with van der Waals surface area (Å²) in [6, 6.07) is 4.55. The second kappa shape index (κ2) is 6.79. The normalized spacial score (nSPS) is 23.0. The summed E-state index contributed by atoms with van der Waals surface area (Å²) in [7, 11) is 0. The zero-order valence-corrected chi connectivity index (χ0v) is 15.0. The quantitative estimate of drug-likeness (QED) is 0.823. The lowest BCUT2D eigenvalue weighted by molar-refractivity contribution is -0.141. The van der Waals surface area contributed by atoms with Gasteiger partial charge in [0.2, 0.25) is 0 Å². The van der Waals surface area contributed by atoms with Crippen molar-refractivity contribution < 1.29 is 24.3 Å². The van der Waals surface area contributed by atoms with E-state index in [0.717, 1.165) is 32.1 Å². The molecule has 3 amide bonds. The lowest BCUT2D eigenvalue weighted by Gasteiger charge is -2.29. The molecule has 0 aromatic heterocycles. The number of carboxylic acids is 1. The third kappa shape index (κ3) is 3.01. The van der Waals surface area contributed by atoms with E-state index in [9.17, 15) is 19.2 Å². The number of benzene rings is 1. The molecule has 1 aromatic rings. The summed E-state index contributed by atoms with van der Waals surface area (Å²) in [6.45, 7) is 0.556. The largest absolute Gasteiger partial charge is 0.481 e. The molecule has 4 rings (SSSR count). The van der Waals surface area contributed by atoms with Crippen molar-refractivity contribution in [2.45, 2.75) is 44.6 Å². The Morgan fingerprint density at radius 2 is 1.67 bits per heavy atom. The summed E-state index contributed by atoms with van der Waals surface area (Å²) in [5.41, 5.74) is 0.962. The van der Waals surface area contributed by atoms with Crippen LogP contribution in [0.1, 0.15) is 69.6 Å². The Morgan fingerprint density at radius 1 is 0.963 bits per heavy atom. The lowest BCUT2D eigenvalue weighted by atomic mass is 9.94. The number of rotatable bonds is 3. The van der Waals surface area contributed by atoms with Crippen LogP contribution < -0.4 is 0 Å². The van der Waals surface area contributed by atoms with Gasteiger partial charge in [-0.1, -0.05) is 19.3 Å². The molecule has 2 aliphatic heterocycles. The number of hydrogen-bond donors (Lipinski definition) is 1. The van der Waals surface area contributed by atoms with Crippen molar-refractivity contribution in [1.82, 2.24) is 9.80 Å². The highest BCUT2D eigenvalue weighted by molar-refractivity contribution is 6.22. The average Bonchev–Trinajstić information content (AvgIpc) is 3.26. The van der Waals surface area contributed by atoms with E-state index in [1.165, 1.54) is 15.9 Å². The van der Waals surface area contributed by atoms with Crippen LogP contribution in [-0.4, -0.2) is 57.7 Å². The second-order valence-corrected chi connectivity index (χ2v) is 7.61. The van der Waals surface area contributed by atoms with Gasteiger partial charge in [-0.15, -0.1) is 0 Å². The fourth-order valence-corrected chi connectivity index (χ4v) is 4.39. The zero-order chi connectivity index (χ0) is 19.1. The van der Waals surface area contributed by atoms with E-state index < -0.39 is 11.9 Å². The predicted octanol–water partition coefficient (Wildman–Crippen LogP) is 2.16. The summed E-state index contributed by atoms with van der Waals surface area (Å²) in [6.07, 6.45) is 5.26. The first-order chi connectivity index (χ1) is 13.0. The maximum atomic E-state index is 12.8. The molecule has 1 saturated carbocycles. The highest BCUT2D eigenvalue weighted by Crippen LogP contribution is 2.32. The number of carboxylic acid groups (broad SMARTS) is 1. The summed E-state index contributed by atoms with van der Waals surface area (Å²) >= 11 is 0. The van der Waals surface area contributed by atoms with E-state index >= 15 is 0 Å². The van der Waals surface area contributed by atoms with Crippen molar-refractivity contribution in [1.29, 1.82) is 0 Å². The molecule has 0 bridgehead atoms. The monoisotopic (exact) mass is 370 g/mol. The molecule has 27 heavy (non-hydrogen) atoms. The third-order valence-corrected chi connectivity index (χ3v) is 5.93. The van der Waals surface area contributed by atoms with Crippen molar-refractivity contribution in [2.24, 2.45) is 5.92 Å². The van der Waals surface area contributed by atoms with Gasteiger partial charge in [-0.2, -0.15) is 0 Å². The molecule has 1 aromatic carbocycles. The third-order valence-electron chi connectivity index (χ3n) is 5.93. The zero-order valence-electron chi connectivity index (χ0n) is 15.0. The summed E-state index contributed by atoms with van der Waals surface area (Å²) in [5, 5.41) is 9.10. The van der Waals surface area contributed by atoms with Crippen LogP contribution in [0, 0.1) is 5.92 Å². The number of carbonyl (C=O) groups excluding carboxylic acids is 3. The van der Waals surface area contributed by atoms with Gasteiger partial charge in [0.15, 0.2) is 0 Å². The van der Waals surface area contributed by atoms with Crippen LogP contribution in [0.2, 0.25) is 0 Å². The van der Waals surface area contributed by atoms with Gasteiger partial charge in [0.1, 0.15) is 0 Å². The van der Waals surface area contributed by atoms with Crippen LogP contribution in [0.15, 0.2) is 18.2 Å². The van der Waals surface area contributed by atoms with Crippen molar-refractivity contribution in [3.63, 3.8) is 0 Å². The number of hydrogen-bond acceptors (Lipinski definition) is 4. The molecule has 1 aliphatic carbocycles.